The number of hydrogen-bond acceptors (Lipinski definition) is 2. The molecule has 1 saturated heterocycles. The van der Waals surface area contributed by atoms with Crippen LogP contribution in [0.3, 0.4) is 0 Å². The molecule has 0 aliphatic carbocycles. The van der Waals surface area contributed by atoms with Crippen LogP contribution in [0, 0.1) is 6.92 Å². The zero-order valence-corrected chi connectivity index (χ0v) is 9.49. The molecule has 0 aromatic carbocycles. The van der Waals surface area contributed by atoms with Gasteiger partial charge in [0.25, 0.3) is 0 Å². The quantitative estimate of drug-likeness (QED) is 0.718. The molecule has 1 aromatic heterocycles. The first-order valence-corrected chi connectivity index (χ1v) is 5.47. The molecule has 1 unspecified atom stereocenters. The molecule has 1 fully saturated rings. The summed E-state index contributed by atoms with van der Waals surface area (Å²) in [6.45, 7) is 2.75. The van der Waals surface area contributed by atoms with Gasteiger partial charge in [0.05, 0.1) is 16.7 Å². The maximum atomic E-state index is 11.7. The Bertz CT molecular complexity index is 367. The monoisotopic (exact) mass is 254 g/mol. The minimum Gasteiger partial charge on any atom is -0.310 e. The second-order valence-electron chi connectivity index (χ2n) is 3.47. The molecule has 74 valence electrons. The Balaban J connectivity index is 2.28. The average molecular weight is 255 g/mol. The van der Waals surface area contributed by atoms with Crippen molar-refractivity contribution in [1.82, 2.24) is 4.98 Å². The fourth-order valence-corrected chi connectivity index (χ4v) is 2.04. The SMILES string of the molecule is Cc1cncc(N2CCC(Br)C2=O)c1. The molecule has 4 heteroatoms. The van der Waals surface area contributed by atoms with Gasteiger partial charge in [-0.1, -0.05) is 15.9 Å². The molecule has 0 saturated carbocycles. The first-order chi connectivity index (χ1) is 6.68. The van der Waals surface area contributed by atoms with Crippen LogP contribution in [0.4, 0.5) is 5.69 Å². The van der Waals surface area contributed by atoms with E-state index in [-0.39, 0.29) is 10.7 Å². The lowest BCUT2D eigenvalue weighted by atomic mass is 10.3. The van der Waals surface area contributed by atoms with Gasteiger partial charge in [-0.2, -0.15) is 0 Å². The summed E-state index contributed by atoms with van der Waals surface area (Å²) in [6.07, 6.45) is 4.39. The molecule has 0 N–H and O–H groups in total. The van der Waals surface area contributed by atoms with Gasteiger partial charge in [-0.3, -0.25) is 9.78 Å². The van der Waals surface area contributed by atoms with E-state index in [1.54, 1.807) is 17.3 Å². The summed E-state index contributed by atoms with van der Waals surface area (Å²) in [5.74, 6) is 0.136. The first kappa shape index (κ1) is 9.65. The predicted octanol–water partition coefficient (Wildman–Crippen LogP) is 1.89. The van der Waals surface area contributed by atoms with Crippen LogP contribution in [-0.2, 0) is 4.79 Å². The number of alkyl halides is 1. The van der Waals surface area contributed by atoms with Gasteiger partial charge in [-0.05, 0) is 25.0 Å². The number of carbonyl (C=O) groups excluding carboxylic acids is 1. The van der Waals surface area contributed by atoms with Crippen molar-refractivity contribution in [3.05, 3.63) is 24.0 Å². The third-order valence-corrected chi connectivity index (χ3v) is 3.16. The van der Waals surface area contributed by atoms with Crippen LogP contribution in [-0.4, -0.2) is 22.3 Å². The predicted molar refractivity (Wildman–Crippen MR) is 58.7 cm³/mol. The molecule has 14 heavy (non-hydrogen) atoms. The van der Waals surface area contributed by atoms with Gasteiger partial charge in [0.1, 0.15) is 0 Å². The van der Waals surface area contributed by atoms with E-state index in [1.165, 1.54) is 0 Å². The smallest absolute Gasteiger partial charge is 0.240 e. The van der Waals surface area contributed by atoms with Gasteiger partial charge < -0.3 is 4.90 Å². The van der Waals surface area contributed by atoms with Crippen molar-refractivity contribution in [3.8, 4) is 0 Å². The summed E-state index contributed by atoms with van der Waals surface area (Å²) < 4.78 is 0. The number of anilines is 1. The summed E-state index contributed by atoms with van der Waals surface area (Å²) in [5, 5.41) is 0. The maximum absolute atomic E-state index is 11.7. The maximum Gasteiger partial charge on any atom is 0.240 e. The van der Waals surface area contributed by atoms with Crippen LogP contribution in [0.15, 0.2) is 18.5 Å². The lowest BCUT2D eigenvalue weighted by Crippen LogP contribution is -2.27. The zero-order chi connectivity index (χ0) is 10.1. The van der Waals surface area contributed by atoms with Crippen molar-refractivity contribution in [1.29, 1.82) is 0 Å². The Labute approximate surface area is 91.3 Å². The van der Waals surface area contributed by atoms with E-state index in [4.69, 9.17) is 0 Å². The Hall–Kier alpha value is -0.900. The normalized spacial score (nSPS) is 21.7. The van der Waals surface area contributed by atoms with Crippen LogP contribution >= 0.6 is 15.9 Å². The van der Waals surface area contributed by atoms with Crippen molar-refractivity contribution >= 4 is 27.5 Å². The number of nitrogens with zero attached hydrogens (tertiary/aromatic N) is 2. The number of pyridine rings is 1. The number of carbonyl (C=O) groups is 1. The van der Waals surface area contributed by atoms with Gasteiger partial charge >= 0.3 is 0 Å². The average Bonchev–Trinajstić information content (AvgIpc) is 2.48. The number of halogens is 1. The molecule has 2 heterocycles. The highest BCUT2D eigenvalue weighted by atomic mass is 79.9. The minimum atomic E-state index is -0.0250. The topological polar surface area (TPSA) is 33.2 Å². The largest absolute Gasteiger partial charge is 0.310 e. The molecule has 3 nitrogen and oxygen atoms in total. The third-order valence-electron chi connectivity index (χ3n) is 2.31. The molecule has 1 aromatic rings. The highest BCUT2D eigenvalue weighted by molar-refractivity contribution is 9.10. The zero-order valence-electron chi connectivity index (χ0n) is 7.90. The van der Waals surface area contributed by atoms with E-state index < -0.39 is 0 Å². The molecule has 1 aliphatic rings. The number of amides is 1. The van der Waals surface area contributed by atoms with E-state index in [1.807, 2.05) is 13.0 Å². The molecular formula is C10H11BrN2O. The summed E-state index contributed by atoms with van der Waals surface area (Å²) >= 11 is 3.35. The van der Waals surface area contributed by atoms with Gasteiger partial charge in [-0.15, -0.1) is 0 Å². The molecule has 0 bridgehead atoms. The number of aryl methyl sites for hydroxylation is 1. The highest BCUT2D eigenvalue weighted by Crippen LogP contribution is 2.24. The molecule has 0 spiro atoms. The van der Waals surface area contributed by atoms with Crippen LogP contribution in [0.5, 0.6) is 0 Å². The lowest BCUT2D eigenvalue weighted by molar-refractivity contribution is -0.116. The Morgan fingerprint density at radius 3 is 2.93 bits per heavy atom. The summed E-state index contributed by atoms with van der Waals surface area (Å²) in [6, 6.07) is 1.98. The van der Waals surface area contributed by atoms with Crippen LogP contribution in [0.25, 0.3) is 0 Å². The van der Waals surface area contributed by atoms with Gasteiger partial charge in [0, 0.05) is 12.7 Å². The minimum absolute atomic E-state index is 0.0250. The van der Waals surface area contributed by atoms with Gasteiger partial charge in [-0.25, -0.2) is 0 Å². The number of hydrogen-bond donors (Lipinski definition) is 0. The van der Waals surface area contributed by atoms with Crippen LogP contribution in [0.2, 0.25) is 0 Å². The van der Waals surface area contributed by atoms with E-state index >= 15 is 0 Å². The van der Waals surface area contributed by atoms with E-state index in [0.717, 1.165) is 24.2 Å². The van der Waals surface area contributed by atoms with E-state index in [0.29, 0.717) is 0 Å². The third kappa shape index (κ3) is 1.66. The van der Waals surface area contributed by atoms with Crippen molar-refractivity contribution in [2.45, 2.75) is 18.2 Å². The van der Waals surface area contributed by atoms with Crippen molar-refractivity contribution in [2.75, 3.05) is 11.4 Å². The van der Waals surface area contributed by atoms with Crippen LogP contribution < -0.4 is 4.90 Å². The summed E-state index contributed by atoms with van der Waals surface area (Å²) in [4.78, 5) is 17.5. The van der Waals surface area contributed by atoms with Crippen molar-refractivity contribution in [3.63, 3.8) is 0 Å². The number of aromatic nitrogens is 1. The van der Waals surface area contributed by atoms with E-state index in [9.17, 15) is 4.79 Å². The standard InChI is InChI=1S/C10H11BrN2O/c1-7-4-8(6-12-5-7)13-3-2-9(11)10(13)14/h4-6,9H,2-3H2,1H3. The second kappa shape index (κ2) is 3.69. The fraction of sp³-hybridized carbons (Fsp3) is 0.400. The molecular weight excluding hydrogens is 244 g/mol. The fourth-order valence-electron chi connectivity index (χ4n) is 1.59. The molecule has 1 aliphatic heterocycles. The summed E-state index contributed by atoms with van der Waals surface area (Å²) in [5.41, 5.74) is 1.98. The number of rotatable bonds is 1. The second-order valence-corrected chi connectivity index (χ2v) is 4.57. The summed E-state index contributed by atoms with van der Waals surface area (Å²) in [7, 11) is 0. The molecule has 1 atom stereocenters. The Morgan fingerprint density at radius 1 is 1.57 bits per heavy atom. The van der Waals surface area contributed by atoms with Crippen molar-refractivity contribution in [2.24, 2.45) is 0 Å². The molecule has 1 amide bonds. The van der Waals surface area contributed by atoms with Gasteiger partial charge in [0.15, 0.2) is 0 Å². The lowest BCUT2D eigenvalue weighted by Gasteiger charge is -2.15. The molecule has 0 radical (unpaired) electrons. The first-order valence-electron chi connectivity index (χ1n) is 4.55. The highest BCUT2D eigenvalue weighted by Gasteiger charge is 2.30. The van der Waals surface area contributed by atoms with E-state index in [2.05, 4.69) is 20.9 Å². The van der Waals surface area contributed by atoms with Crippen LogP contribution in [0.1, 0.15) is 12.0 Å². The Morgan fingerprint density at radius 2 is 2.36 bits per heavy atom. The molecule has 2 rings (SSSR count). The Kier molecular flexibility index (Phi) is 2.54. The van der Waals surface area contributed by atoms with Gasteiger partial charge in [0.2, 0.25) is 5.91 Å². The van der Waals surface area contributed by atoms with Crippen molar-refractivity contribution < 1.29 is 4.79 Å².